The van der Waals surface area contributed by atoms with E-state index in [9.17, 15) is 14.9 Å². The second-order valence-electron chi connectivity index (χ2n) is 2.88. The van der Waals surface area contributed by atoms with E-state index >= 15 is 0 Å². The molecule has 1 aromatic heterocycles. The fourth-order valence-electron chi connectivity index (χ4n) is 0.980. The lowest BCUT2D eigenvalue weighted by Crippen LogP contribution is -2.26. The molecule has 0 fully saturated rings. The van der Waals surface area contributed by atoms with Gasteiger partial charge in [-0.15, -0.1) is 0 Å². The van der Waals surface area contributed by atoms with Crippen LogP contribution in [0.5, 0.6) is 0 Å². The second kappa shape index (κ2) is 4.91. The van der Waals surface area contributed by atoms with Crippen molar-refractivity contribution >= 4 is 23.2 Å². The van der Waals surface area contributed by atoms with Crippen LogP contribution in [0.25, 0.3) is 0 Å². The van der Waals surface area contributed by atoms with Crippen LogP contribution in [0.4, 0.5) is 17.3 Å². The minimum Gasteiger partial charge on any atom is -0.378 e. The molecule has 1 rings (SSSR count). The van der Waals surface area contributed by atoms with Crippen molar-refractivity contribution in [2.45, 2.75) is 0 Å². The third-order valence-electron chi connectivity index (χ3n) is 1.81. The maximum absolute atomic E-state index is 10.9. The van der Waals surface area contributed by atoms with Crippen molar-refractivity contribution in [1.29, 1.82) is 0 Å². The van der Waals surface area contributed by atoms with Crippen LogP contribution in [0.15, 0.2) is 12.1 Å². The van der Waals surface area contributed by atoms with Gasteiger partial charge in [-0.2, -0.15) is 0 Å². The normalized spacial score (nSPS) is 9.56. The summed E-state index contributed by atoms with van der Waals surface area (Å²) < 4.78 is 0. The molecule has 1 aromatic rings. The van der Waals surface area contributed by atoms with E-state index in [2.05, 4.69) is 15.6 Å². The van der Waals surface area contributed by atoms with Crippen LogP contribution in [-0.2, 0) is 4.79 Å². The van der Waals surface area contributed by atoms with Crippen LogP contribution >= 0.6 is 0 Å². The summed E-state index contributed by atoms with van der Waals surface area (Å²) in [6.07, 6.45) is 0. The maximum Gasteiger partial charge on any atom is 0.311 e. The highest BCUT2D eigenvalue weighted by molar-refractivity contribution is 5.80. The molecule has 4 N–H and O–H groups in total. The number of hydrogen-bond donors (Lipinski definition) is 3. The minimum atomic E-state index is -0.620. The van der Waals surface area contributed by atoms with Crippen LogP contribution in [0.3, 0.4) is 0 Å². The minimum absolute atomic E-state index is 0.0285. The first-order valence-corrected chi connectivity index (χ1v) is 4.40. The highest BCUT2D eigenvalue weighted by Gasteiger charge is 2.12. The average Bonchev–Trinajstić information content (AvgIpc) is 2.25. The maximum atomic E-state index is 10.9. The largest absolute Gasteiger partial charge is 0.378 e. The molecule has 0 saturated carbocycles. The Balaban J connectivity index is 2.74. The highest BCUT2D eigenvalue weighted by Crippen LogP contribution is 2.20. The molecule has 0 spiro atoms. The number of nitrogen functional groups attached to an aromatic ring is 1. The second-order valence-corrected chi connectivity index (χ2v) is 2.88. The quantitative estimate of drug-likeness (QED) is 0.478. The van der Waals surface area contributed by atoms with Gasteiger partial charge in [0.25, 0.3) is 0 Å². The molecular weight excluding hydrogens is 214 g/mol. The van der Waals surface area contributed by atoms with Gasteiger partial charge < -0.3 is 16.4 Å². The van der Waals surface area contributed by atoms with E-state index in [1.807, 2.05) is 0 Å². The summed E-state index contributed by atoms with van der Waals surface area (Å²) in [5.41, 5.74) is 5.11. The van der Waals surface area contributed by atoms with E-state index in [4.69, 9.17) is 5.73 Å². The summed E-state index contributed by atoms with van der Waals surface area (Å²) in [5.74, 6) is -0.0997. The number of pyridine rings is 1. The first-order chi connectivity index (χ1) is 7.54. The van der Waals surface area contributed by atoms with Gasteiger partial charge in [0, 0.05) is 13.1 Å². The Labute approximate surface area is 91.0 Å². The first kappa shape index (κ1) is 11.7. The monoisotopic (exact) mass is 225 g/mol. The molecule has 0 aromatic carbocycles. The van der Waals surface area contributed by atoms with Gasteiger partial charge in [0.2, 0.25) is 11.7 Å². The number of anilines is 2. The number of hydrogen-bond acceptors (Lipinski definition) is 6. The number of likely N-dealkylation sites (N-methyl/N-ethyl adjacent to an activating group) is 1. The van der Waals surface area contributed by atoms with Gasteiger partial charge in [-0.05, 0) is 6.07 Å². The van der Waals surface area contributed by atoms with Crippen molar-refractivity contribution in [2.75, 3.05) is 24.6 Å². The third-order valence-corrected chi connectivity index (χ3v) is 1.81. The number of amides is 1. The molecule has 0 unspecified atom stereocenters. The number of nitrogens with one attached hydrogen (secondary N) is 2. The molecule has 0 atom stereocenters. The zero-order valence-corrected chi connectivity index (χ0v) is 8.56. The molecule has 8 heteroatoms. The van der Waals surface area contributed by atoms with Crippen molar-refractivity contribution in [1.82, 2.24) is 10.3 Å². The summed E-state index contributed by atoms with van der Waals surface area (Å²) in [7, 11) is 1.50. The molecule has 0 aliphatic carbocycles. The molecule has 0 aliphatic rings. The molecule has 8 nitrogen and oxygen atoms in total. The Hall–Kier alpha value is -2.38. The number of nitrogens with zero attached hydrogens (tertiary/aromatic N) is 2. The van der Waals surface area contributed by atoms with Crippen molar-refractivity contribution in [2.24, 2.45) is 0 Å². The van der Waals surface area contributed by atoms with Gasteiger partial charge in [-0.1, -0.05) is 0 Å². The molecule has 1 amide bonds. The molecular formula is C8H11N5O3. The van der Waals surface area contributed by atoms with Crippen molar-refractivity contribution in [3.05, 3.63) is 22.2 Å². The molecule has 0 aliphatic heterocycles. The SMILES string of the molecule is CNC(=O)CNc1ccc([N+](=O)[O-])c(N)n1. The van der Waals surface area contributed by atoms with E-state index in [1.165, 1.54) is 19.2 Å². The van der Waals surface area contributed by atoms with E-state index < -0.39 is 4.92 Å². The van der Waals surface area contributed by atoms with Gasteiger partial charge in [0.05, 0.1) is 11.5 Å². The van der Waals surface area contributed by atoms with Crippen LogP contribution in [-0.4, -0.2) is 29.4 Å². The van der Waals surface area contributed by atoms with Crippen molar-refractivity contribution < 1.29 is 9.72 Å². The summed E-state index contributed by atoms with van der Waals surface area (Å²) in [4.78, 5) is 24.5. The Kier molecular flexibility index (Phi) is 3.59. The number of nitrogens with two attached hydrogens (primary N) is 1. The highest BCUT2D eigenvalue weighted by atomic mass is 16.6. The number of aromatic nitrogens is 1. The van der Waals surface area contributed by atoms with Crippen molar-refractivity contribution in [3.63, 3.8) is 0 Å². The van der Waals surface area contributed by atoms with E-state index in [1.54, 1.807) is 0 Å². The summed E-state index contributed by atoms with van der Waals surface area (Å²) in [5, 5.41) is 15.5. The van der Waals surface area contributed by atoms with Gasteiger partial charge in [0.15, 0.2) is 0 Å². The zero-order valence-electron chi connectivity index (χ0n) is 8.56. The molecule has 16 heavy (non-hydrogen) atoms. The Morgan fingerprint density at radius 1 is 1.62 bits per heavy atom. The molecule has 0 bridgehead atoms. The van der Waals surface area contributed by atoms with Gasteiger partial charge >= 0.3 is 5.69 Å². The molecule has 0 saturated heterocycles. The summed E-state index contributed by atoms with van der Waals surface area (Å²) in [6.45, 7) is 0.0285. The fourth-order valence-corrected chi connectivity index (χ4v) is 0.980. The number of rotatable bonds is 4. The van der Waals surface area contributed by atoms with Crippen molar-refractivity contribution in [3.8, 4) is 0 Å². The summed E-state index contributed by atoms with van der Waals surface area (Å²) >= 11 is 0. The van der Waals surface area contributed by atoms with E-state index in [0.29, 0.717) is 5.82 Å². The lowest BCUT2D eigenvalue weighted by molar-refractivity contribution is -0.384. The topological polar surface area (TPSA) is 123 Å². The van der Waals surface area contributed by atoms with Crippen LogP contribution in [0.1, 0.15) is 0 Å². The standard InChI is InChI=1S/C8H11N5O3/c1-10-7(14)4-11-6-3-2-5(13(15)16)8(9)12-6/h2-3H,4H2,1H3,(H,10,14)(H3,9,11,12). The lowest BCUT2D eigenvalue weighted by Gasteiger charge is -2.04. The van der Waals surface area contributed by atoms with Gasteiger partial charge in [0.1, 0.15) is 5.82 Å². The zero-order chi connectivity index (χ0) is 12.1. The Morgan fingerprint density at radius 2 is 2.31 bits per heavy atom. The smallest absolute Gasteiger partial charge is 0.311 e. The Morgan fingerprint density at radius 3 is 2.81 bits per heavy atom. The number of carbonyl (C=O) groups excluding carboxylic acids is 1. The predicted molar refractivity (Wildman–Crippen MR) is 57.9 cm³/mol. The van der Waals surface area contributed by atoms with E-state index in [0.717, 1.165) is 0 Å². The van der Waals surface area contributed by atoms with E-state index in [-0.39, 0.29) is 24.0 Å². The van der Waals surface area contributed by atoms with Gasteiger partial charge in [-0.3, -0.25) is 14.9 Å². The average molecular weight is 225 g/mol. The predicted octanol–water partition coefficient (Wildman–Crippen LogP) is -0.270. The lowest BCUT2D eigenvalue weighted by atomic mass is 10.4. The molecule has 86 valence electrons. The van der Waals surface area contributed by atoms with Crippen LogP contribution in [0.2, 0.25) is 0 Å². The summed E-state index contributed by atoms with van der Waals surface area (Å²) in [6, 6.07) is 2.62. The molecule has 1 heterocycles. The third kappa shape index (κ3) is 2.80. The Bertz CT molecular complexity index is 420. The van der Waals surface area contributed by atoms with Crippen LogP contribution < -0.4 is 16.4 Å². The first-order valence-electron chi connectivity index (χ1n) is 4.40. The molecule has 0 radical (unpaired) electrons. The fraction of sp³-hybridized carbons (Fsp3) is 0.250. The van der Waals surface area contributed by atoms with Crippen LogP contribution in [0, 0.1) is 10.1 Å². The number of nitro groups is 1. The number of carbonyl (C=O) groups is 1. The van der Waals surface area contributed by atoms with Gasteiger partial charge in [-0.25, -0.2) is 4.98 Å².